The summed E-state index contributed by atoms with van der Waals surface area (Å²) >= 11 is 1.52. The standard InChI is InChI=1S/C14H19N5OS/c1-11-17-18-14(19(11)9-8-15)21-10-7-13(20)16-12-5-3-2-4-6-12/h2-6H,7-10,15H2,1H3,(H,16,20). The summed E-state index contributed by atoms with van der Waals surface area (Å²) < 4.78 is 1.97. The topological polar surface area (TPSA) is 85.8 Å². The van der Waals surface area contributed by atoms with Gasteiger partial charge in [0.05, 0.1) is 0 Å². The zero-order valence-corrected chi connectivity index (χ0v) is 12.8. The Kier molecular flexibility index (Phi) is 5.77. The number of aryl methyl sites for hydroxylation is 1. The first-order valence-electron chi connectivity index (χ1n) is 6.78. The van der Waals surface area contributed by atoms with Gasteiger partial charge < -0.3 is 15.6 Å². The Hall–Kier alpha value is -1.86. The van der Waals surface area contributed by atoms with Crippen molar-refractivity contribution in [2.75, 3.05) is 17.6 Å². The predicted octanol–water partition coefficient (Wildman–Crippen LogP) is 1.67. The molecule has 6 nitrogen and oxygen atoms in total. The van der Waals surface area contributed by atoms with Gasteiger partial charge in [0, 0.05) is 31.0 Å². The lowest BCUT2D eigenvalue weighted by Gasteiger charge is -2.07. The molecule has 2 aromatic rings. The molecule has 0 radical (unpaired) electrons. The van der Waals surface area contributed by atoms with Crippen molar-refractivity contribution in [3.8, 4) is 0 Å². The fourth-order valence-electron chi connectivity index (χ4n) is 1.83. The Balaban J connectivity index is 1.80. The van der Waals surface area contributed by atoms with E-state index >= 15 is 0 Å². The van der Waals surface area contributed by atoms with Crippen LogP contribution in [-0.2, 0) is 11.3 Å². The second kappa shape index (κ2) is 7.80. The van der Waals surface area contributed by atoms with E-state index in [1.165, 1.54) is 11.8 Å². The second-order valence-corrected chi connectivity index (χ2v) is 5.54. The number of thioether (sulfide) groups is 1. The van der Waals surface area contributed by atoms with Crippen molar-refractivity contribution in [1.82, 2.24) is 14.8 Å². The average Bonchev–Trinajstić information content (AvgIpc) is 2.82. The van der Waals surface area contributed by atoms with Gasteiger partial charge in [-0.2, -0.15) is 0 Å². The number of carbonyl (C=O) groups is 1. The molecule has 0 spiro atoms. The van der Waals surface area contributed by atoms with Gasteiger partial charge in [-0.15, -0.1) is 10.2 Å². The van der Waals surface area contributed by atoms with Crippen molar-refractivity contribution in [1.29, 1.82) is 0 Å². The third-order valence-electron chi connectivity index (χ3n) is 2.87. The Morgan fingerprint density at radius 2 is 2.10 bits per heavy atom. The zero-order chi connectivity index (χ0) is 15.1. The molecule has 0 bridgehead atoms. The van der Waals surface area contributed by atoms with Gasteiger partial charge in [0.1, 0.15) is 5.82 Å². The van der Waals surface area contributed by atoms with Crippen LogP contribution in [0.1, 0.15) is 12.2 Å². The molecule has 0 saturated carbocycles. The van der Waals surface area contributed by atoms with E-state index in [9.17, 15) is 4.79 Å². The highest BCUT2D eigenvalue weighted by molar-refractivity contribution is 7.99. The van der Waals surface area contributed by atoms with Crippen LogP contribution in [0, 0.1) is 6.92 Å². The van der Waals surface area contributed by atoms with Crippen LogP contribution in [0.25, 0.3) is 0 Å². The summed E-state index contributed by atoms with van der Waals surface area (Å²) in [6.45, 7) is 3.13. The van der Waals surface area contributed by atoms with E-state index < -0.39 is 0 Å². The number of nitrogens with one attached hydrogen (secondary N) is 1. The lowest BCUT2D eigenvalue weighted by atomic mass is 10.3. The third kappa shape index (κ3) is 4.57. The van der Waals surface area contributed by atoms with E-state index in [1.807, 2.05) is 41.8 Å². The third-order valence-corrected chi connectivity index (χ3v) is 3.84. The number of aromatic nitrogens is 3. The molecule has 2 rings (SSSR count). The summed E-state index contributed by atoms with van der Waals surface area (Å²) in [5, 5.41) is 11.8. The van der Waals surface area contributed by atoms with Crippen molar-refractivity contribution in [2.24, 2.45) is 5.73 Å². The van der Waals surface area contributed by atoms with Crippen LogP contribution in [0.15, 0.2) is 35.5 Å². The summed E-state index contributed by atoms with van der Waals surface area (Å²) in [6, 6.07) is 9.43. The van der Waals surface area contributed by atoms with Crippen LogP contribution < -0.4 is 11.1 Å². The molecule has 1 amide bonds. The summed E-state index contributed by atoms with van der Waals surface area (Å²) in [4.78, 5) is 11.8. The van der Waals surface area contributed by atoms with Gasteiger partial charge in [0.25, 0.3) is 0 Å². The van der Waals surface area contributed by atoms with Crippen LogP contribution in [0.4, 0.5) is 5.69 Å². The fraction of sp³-hybridized carbons (Fsp3) is 0.357. The van der Waals surface area contributed by atoms with Gasteiger partial charge in [0.15, 0.2) is 5.16 Å². The number of anilines is 1. The number of hydrogen-bond donors (Lipinski definition) is 2. The minimum Gasteiger partial charge on any atom is -0.329 e. The fourth-order valence-corrected chi connectivity index (χ4v) is 2.78. The Morgan fingerprint density at radius 3 is 2.81 bits per heavy atom. The number of amides is 1. The normalized spacial score (nSPS) is 10.6. The summed E-state index contributed by atoms with van der Waals surface area (Å²) in [7, 11) is 0. The van der Waals surface area contributed by atoms with Crippen molar-refractivity contribution in [3.63, 3.8) is 0 Å². The lowest BCUT2D eigenvalue weighted by molar-refractivity contribution is -0.115. The Bertz CT molecular complexity index is 584. The first kappa shape index (κ1) is 15.5. The van der Waals surface area contributed by atoms with Gasteiger partial charge in [-0.25, -0.2) is 0 Å². The molecule has 0 atom stereocenters. The number of para-hydroxylation sites is 1. The second-order valence-electron chi connectivity index (χ2n) is 4.48. The maximum absolute atomic E-state index is 11.8. The van der Waals surface area contributed by atoms with E-state index in [0.717, 1.165) is 16.7 Å². The Morgan fingerprint density at radius 1 is 1.33 bits per heavy atom. The molecule has 0 aliphatic carbocycles. The number of benzene rings is 1. The van der Waals surface area contributed by atoms with Crippen molar-refractivity contribution < 1.29 is 4.79 Å². The number of rotatable bonds is 7. The van der Waals surface area contributed by atoms with E-state index in [4.69, 9.17) is 5.73 Å². The first-order chi connectivity index (χ1) is 10.2. The monoisotopic (exact) mass is 305 g/mol. The van der Waals surface area contributed by atoms with Crippen molar-refractivity contribution >= 4 is 23.4 Å². The smallest absolute Gasteiger partial charge is 0.225 e. The average molecular weight is 305 g/mol. The summed E-state index contributed by atoms with van der Waals surface area (Å²) in [6.07, 6.45) is 0.425. The largest absolute Gasteiger partial charge is 0.329 e. The van der Waals surface area contributed by atoms with Crippen LogP contribution in [0.3, 0.4) is 0 Å². The molecule has 0 saturated heterocycles. The van der Waals surface area contributed by atoms with Crippen molar-refractivity contribution in [2.45, 2.75) is 25.0 Å². The number of nitrogens with two attached hydrogens (primary N) is 1. The van der Waals surface area contributed by atoms with E-state index in [0.29, 0.717) is 25.3 Å². The molecule has 0 aliphatic heterocycles. The van der Waals surface area contributed by atoms with Crippen LogP contribution >= 0.6 is 11.8 Å². The molecular weight excluding hydrogens is 286 g/mol. The number of hydrogen-bond acceptors (Lipinski definition) is 5. The van der Waals surface area contributed by atoms with Gasteiger partial charge in [-0.3, -0.25) is 4.79 Å². The number of carbonyl (C=O) groups excluding carboxylic acids is 1. The van der Waals surface area contributed by atoms with Gasteiger partial charge in [-0.05, 0) is 19.1 Å². The van der Waals surface area contributed by atoms with Crippen LogP contribution in [0.5, 0.6) is 0 Å². The van der Waals surface area contributed by atoms with Gasteiger partial charge in [-0.1, -0.05) is 30.0 Å². The van der Waals surface area contributed by atoms with Gasteiger partial charge in [0.2, 0.25) is 5.91 Å². The molecule has 1 aromatic carbocycles. The molecule has 3 N–H and O–H groups in total. The van der Waals surface area contributed by atoms with E-state index in [2.05, 4.69) is 15.5 Å². The van der Waals surface area contributed by atoms with E-state index in [-0.39, 0.29) is 5.91 Å². The van der Waals surface area contributed by atoms with Gasteiger partial charge >= 0.3 is 0 Å². The molecule has 21 heavy (non-hydrogen) atoms. The van der Waals surface area contributed by atoms with Crippen LogP contribution in [-0.4, -0.2) is 33.0 Å². The van der Waals surface area contributed by atoms with E-state index in [1.54, 1.807) is 0 Å². The minimum atomic E-state index is -0.00434. The molecule has 7 heteroatoms. The van der Waals surface area contributed by atoms with Crippen molar-refractivity contribution in [3.05, 3.63) is 36.2 Å². The molecule has 0 aliphatic rings. The summed E-state index contributed by atoms with van der Waals surface area (Å²) in [5.74, 6) is 1.49. The van der Waals surface area contributed by atoms with Crippen LogP contribution in [0.2, 0.25) is 0 Å². The number of nitrogens with zero attached hydrogens (tertiary/aromatic N) is 3. The molecule has 0 fully saturated rings. The zero-order valence-electron chi connectivity index (χ0n) is 12.0. The Labute approximate surface area is 128 Å². The molecular formula is C14H19N5OS. The highest BCUT2D eigenvalue weighted by atomic mass is 32.2. The molecule has 1 heterocycles. The minimum absolute atomic E-state index is 0.00434. The highest BCUT2D eigenvalue weighted by Crippen LogP contribution is 2.17. The maximum atomic E-state index is 11.8. The molecule has 0 unspecified atom stereocenters. The quantitative estimate of drug-likeness (QED) is 0.760. The molecule has 1 aromatic heterocycles. The lowest BCUT2D eigenvalue weighted by Crippen LogP contribution is -2.13. The molecule has 112 valence electrons. The SMILES string of the molecule is Cc1nnc(SCCC(=O)Nc2ccccc2)n1CCN. The predicted molar refractivity (Wildman–Crippen MR) is 84.2 cm³/mol. The maximum Gasteiger partial charge on any atom is 0.225 e. The summed E-state index contributed by atoms with van der Waals surface area (Å²) in [5.41, 5.74) is 6.39. The first-order valence-corrected chi connectivity index (χ1v) is 7.77. The highest BCUT2D eigenvalue weighted by Gasteiger charge is 2.09.